The van der Waals surface area contributed by atoms with E-state index in [0.717, 1.165) is 22.2 Å². The van der Waals surface area contributed by atoms with Crippen LogP contribution in [0.2, 0.25) is 0 Å². The van der Waals surface area contributed by atoms with Crippen molar-refractivity contribution in [1.82, 2.24) is 4.98 Å². The van der Waals surface area contributed by atoms with E-state index in [-0.39, 0.29) is 6.03 Å². The van der Waals surface area contributed by atoms with Crippen LogP contribution in [0.15, 0.2) is 64.4 Å². The summed E-state index contributed by atoms with van der Waals surface area (Å²) in [6, 6.07) is 17.0. The topological polar surface area (TPSA) is 67.2 Å². The third-order valence-corrected chi connectivity index (χ3v) is 4.44. The van der Waals surface area contributed by atoms with Crippen LogP contribution in [0.3, 0.4) is 0 Å². The first-order chi connectivity index (χ1) is 12.2. The lowest BCUT2D eigenvalue weighted by Crippen LogP contribution is -2.19. The maximum absolute atomic E-state index is 12.1. The molecule has 0 aliphatic carbocycles. The number of rotatable bonds is 3. The Kier molecular flexibility index (Phi) is 3.95. The Morgan fingerprint density at radius 3 is 2.80 bits per heavy atom. The maximum atomic E-state index is 12.1. The minimum absolute atomic E-state index is 0.323. The smallest absolute Gasteiger partial charge is 0.325 e. The highest BCUT2D eigenvalue weighted by atomic mass is 32.1. The van der Waals surface area contributed by atoms with Gasteiger partial charge in [-0.05, 0) is 36.8 Å². The van der Waals surface area contributed by atoms with Gasteiger partial charge in [0, 0.05) is 16.5 Å². The molecule has 4 rings (SSSR count). The first-order valence-corrected chi connectivity index (χ1v) is 8.64. The molecule has 0 unspecified atom stereocenters. The lowest BCUT2D eigenvalue weighted by Gasteiger charge is -2.05. The Bertz CT molecular complexity index is 1020. The van der Waals surface area contributed by atoms with Gasteiger partial charge in [-0.25, -0.2) is 9.78 Å². The lowest BCUT2D eigenvalue weighted by atomic mass is 10.2. The molecule has 25 heavy (non-hydrogen) atoms. The summed E-state index contributed by atoms with van der Waals surface area (Å²) < 4.78 is 5.80. The van der Waals surface area contributed by atoms with Crippen LogP contribution in [0.5, 0.6) is 0 Å². The molecule has 0 atom stereocenters. The molecule has 6 heteroatoms. The minimum atomic E-state index is -0.323. The second-order valence-corrected chi connectivity index (χ2v) is 6.49. The van der Waals surface area contributed by atoms with Crippen LogP contribution < -0.4 is 10.6 Å². The normalized spacial score (nSPS) is 10.8. The largest absolute Gasteiger partial charge is 0.454 e. The van der Waals surface area contributed by atoms with Gasteiger partial charge in [-0.1, -0.05) is 30.3 Å². The van der Waals surface area contributed by atoms with Gasteiger partial charge >= 0.3 is 6.03 Å². The van der Waals surface area contributed by atoms with Gasteiger partial charge in [0.2, 0.25) is 0 Å². The molecule has 0 saturated heterocycles. The summed E-state index contributed by atoms with van der Waals surface area (Å²) in [7, 11) is 0. The van der Waals surface area contributed by atoms with Crippen molar-refractivity contribution < 1.29 is 9.21 Å². The maximum Gasteiger partial charge on any atom is 0.325 e. The quantitative estimate of drug-likeness (QED) is 0.512. The highest BCUT2D eigenvalue weighted by Gasteiger charge is 2.12. The van der Waals surface area contributed by atoms with E-state index >= 15 is 0 Å². The summed E-state index contributed by atoms with van der Waals surface area (Å²) in [5.41, 5.74) is 3.34. The second kappa shape index (κ2) is 6.41. The molecular weight excluding hydrogens is 334 g/mol. The van der Waals surface area contributed by atoms with E-state index in [1.54, 1.807) is 0 Å². The molecule has 0 aliphatic rings. The number of nitrogens with zero attached hydrogens (tertiary/aromatic N) is 1. The first kappa shape index (κ1) is 15.4. The van der Waals surface area contributed by atoms with Gasteiger partial charge in [-0.15, -0.1) is 11.3 Å². The van der Waals surface area contributed by atoms with Gasteiger partial charge in [0.05, 0.1) is 0 Å². The summed E-state index contributed by atoms with van der Waals surface area (Å²) in [6.07, 6.45) is 0. The van der Waals surface area contributed by atoms with Gasteiger partial charge in [0.15, 0.2) is 10.9 Å². The Labute approximate surface area is 148 Å². The zero-order valence-corrected chi connectivity index (χ0v) is 14.3. The molecule has 2 amide bonds. The summed E-state index contributed by atoms with van der Waals surface area (Å²) >= 11 is 1.35. The predicted octanol–water partition coefficient (Wildman–Crippen LogP) is 5.51. The van der Waals surface area contributed by atoms with Crippen molar-refractivity contribution >= 4 is 39.2 Å². The number of hydrogen-bond acceptors (Lipinski definition) is 4. The van der Waals surface area contributed by atoms with Gasteiger partial charge in [0.25, 0.3) is 0 Å². The number of carbonyl (C=O) groups is 1. The lowest BCUT2D eigenvalue weighted by molar-refractivity contribution is 0.262. The molecule has 5 nitrogen and oxygen atoms in total. The molecule has 2 N–H and O–H groups in total. The molecule has 0 saturated carbocycles. The van der Waals surface area contributed by atoms with Gasteiger partial charge in [-0.2, -0.15) is 0 Å². The molecule has 0 aliphatic heterocycles. The molecule has 2 heterocycles. The van der Waals surface area contributed by atoms with Crippen LogP contribution in [0.4, 0.5) is 15.6 Å². The highest BCUT2D eigenvalue weighted by molar-refractivity contribution is 7.14. The number of hydrogen-bond donors (Lipinski definition) is 2. The number of fused-ring (bicyclic) bond motifs is 1. The molecular formula is C19H15N3O2S. The SMILES string of the molecule is Cc1cccc(NC(=O)Nc2nc(-c3cc4ccccc4o3)cs2)c1. The van der Waals surface area contributed by atoms with Crippen molar-refractivity contribution in [3.8, 4) is 11.5 Å². The second-order valence-electron chi connectivity index (χ2n) is 5.63. The zero-order chi connectivity index (χ0) is 17.2. The summed E-state index contributed by atoms with van der Waals surface area (Å²) in [5.74, 6) is 0.685. The van der Waals surface area contributed by atoms with Crippen molar-refractivity contribution in [2.75, 3.05) is 10.6 Å². The Morgan fingerprint density at radius 1 is 1.08 bits per heavy atom. The fraction of sp³-hybridized carbons (Fsp3) is 0.0526. The standard InChI is InChI=1S/C19H15N3O2S/c1-12-5-4-7-14(9-12)20-18(23)22-19-21-15(11-25-19)17-10-13-6-2-3-8-16(13)24-17/h2-11H,1H3,(H2,20,21,22,23). The van der Waals surface area contributed by atoms with Crippen LogP contribution in [0.1, 0.15) is 5.56 Å². The number of aromatic nitrogens is 1. The molecule has 0 bridgehead atoms. The average molecular weight is 349 g/mol. The number of furan rings is 1. The Morgan fingerprint density at radius 2 is 1.96 bits per heavy atom. The Hall–Kier alpha value is -3.12. The van der Waals surface area contributed by atoms with E-state index in [1.165, 1.54) is 11.3 Å². The van der Waals surface area contributed by atoms with Crippen molar-refractivity contribution in [3.63, 3.8) is 0 Å². The van der Waals surface area contributed by atoms with Gasteiger partial charge in [0.1, 0.15) is 11.3 Å². The van der Waals surface area contributed by atoms with Crippen molar-refractivity contribution in [2.45, 2.75) is 6.92 Å². The fourth-order valence-corrected chi connectivity index (χ4v) is 3.23. The number of amides is 2. The summed E-state index contributed by atoms with van der Waals surface area (Å²) in [5, 5.41) is 8.95. The minimum Gasteiger partial charge on any atom is -0.454 e. The number of anilines is 2. The van der Waals surface area contributed by atoms with Crippen molar-refractivity contribution in [2.24, 2.45) is 0 Å². The highest BCUT2D eigenvalue weighted by Crippen LogP contribution is 2.30. The van der Waals surface area contributed by atoms with Crippen LogP contribution in [-0.2, 0) is 0 Å². The molecule has 124 valence electrons. The molecule has 0 radical (unpaired) electrons. The average Bonchev–Trinajstić information content (AvgIpc) is 3.20. The number of thiazole rings is 1. The van der Waals surface area contributed by atoms with E-state index in [4.69, 9.17) is 4.42 Å². The van der Waals surface area contributed by atoms with E-state index in [0.29, 0.717) is 16.6 Å². The van der Waals surface area contributed by atoms with E-state index in [2.05, 4.69) is 15.6 Å². The van der Waals surface area contributed by atoms with Crippen molar-refractivity contribution in [1.29, 1.82) is 0 Å². The van der Waals surface area contributed by atoms with Crippen LogP contribution >= 0.6 is 11.3 Å². The molecule has 0 fully saturated rings. The monoisotopic (exact) mass is 349 g/mol. The third-order valence-electron chi connectivity index (χ3n) is 3.68. The molecule has 0 spiro atoms. The van der Waals surface area contributed by atoms with Crippen LogP contribution in [-0.4, -0.2) is 11.0 Å². The number of benzene rings is 2. The number of carbonyl (C=O) groups excluding carboxylic acids is 1. The fourth-order valence-electron chi connectivity index (χ4n) is 2.53. The Balaban J connectivity index is 1.48. The molecule has 4 aromatic rings. The molecule has 2 aromatic heterocycles. The predicted molar refractivity (Wildman–Crippen MR) is 101 cm³/mol. The zero-order valence-electron chi connectivity index (χ0n) is 13.4. The van der Waals surface area contributed by atoms with Gasteiger partial charge < -0.3 is 9.73 Å². The summed E-state index contributed by atoms with van der Waals surface area (Å²) in [6.45, 7) is 1.98. The van der Waals surface area contributed by atoms with E-state index in [9.17, 15) is 4.79 Å². The van der Waals surface area contributed by atoms with E-state index in [1.807, 2.05) is 66.9 Å². The van der Waals surface area contributed by atoms with E-state index < -0.39 is 0 Å². The van der Waals surface area contributed by atoms with Crippen molar-refractivity contribution in [3.05, 3.63) is 65.5 Å². The van der Waals surface area contributed by atoms with Crippen LogP contribution in [0.25, 0.3) is 22.4 Å². The number of urea groups is 1. The molecule has 2 aromatic carbocycles. The van der Waals surface area contributed by atoms with Crippen LogP contribution in [0, 0.1) is 6.92 Å². The number of nitrogens with one attached hydrogen (secondary N) is 2. The number of para-hydroxylation sites is 1. The summed E-state index contributed by atoms with van der Waals surface area (Å²) in [4.78, 5) is 16.5. The van der Waals surface area contributed by atoms with Gasteiger partial charge in [-0.3, -0.25) is 5.32 Å². The number of aryl methyl sites for hydroxylation is 1. The first-order valence-electron chi connectivity index (χ1n) is 7.76. The third kappa shape index (κ3) is 3.39.